The lowest BCUT2D eigenvalue weighted by atomic mass is 10.0. The van der Waals surface area contributed by atoms with Crippen molar-refractivity contribution in [2.24, 2.45) is 0 Å². The van der Waals surface area contributed by atoms with Crippen molar-refractivity contribution in [1.82, 2.24) is 5.32 Å². The van der Waals surface area contributed by atoms with Gasteiger partial charge in [-0.1, -0.05) is 249 Å². The van der Waals surface area contributed by atoms with Gasteiger partial charge < -0.3 is 20.3 Å². The van der Waals surface area contributed by atoms with E-state index in [-0.39, 0.29) is 18.5 Å². The smallest absolute Gasteiger partial charge is 0.305 e. The third-order valence-electron chi connectivity index (χ3n) is 12.9. The molecular weight excluding hydrogens is 791 g/mol. The Hall–Kier alpha value is -1.92. The van der Waals surface area contributed by atoms with Crippen molar-refractivity contribution in [3.8, 4) is 0 Å². The van der Waals surface area contributed by atoms with E-state index < -0.39 is 12.1 Å². The highest BCUT2D eigenvalue weighted by Crippen LogP contribution is 2.17. The number of allylic oxidation sites excluding steroid dienone is 6. The van der Waals surface area contributed by atoms with Crippen molar-refractivity contribution in [2.75, 3.05) is 13.2 Å². The number of carbonyl (C=O) groups excluding carboxylic acids is 2. The molecule has 0 aromatic carbocycles. The highest BCUT2D eigenvalue weighted by Gasteiger charge is 2.20. The number of amides is 1. The Balaban J connectivity index is 3.52. The first-order chi connectivity index (χ1) is 31.5. The second kappa shape index (κ2) is 53.7. The maximum atomic E-state index is 12.5. The average molecular weight is 901 g/mol. The first kappa shape index (κ1) is 62.1. The molecule has 64 heavy (non-hydrogen) atoms. The number of aliphatic hydroxyl groups excluding tert-OH is 2. The molecular formula is C58H109NO5. The third-order valence-corrected chi connectivity index (χ3v) is 12.9. The van der Waals surface area contributed by atoms with Crippen LogP contribution in [-0.2, 0) is 14.3 Å². The molecule has 0 bridgehead atoms. The molecule has 6 heteroatoms. The third kappa shape index (κ3) is 49.5. The zero-order chi connectivity index (χ0) is 46.5. The molecule has 0 aliphatic carbocycles. The normalized spacial score (nSPS) is 12.9. The van der Waals surface area contributed by atoms with Crippen molar-refractivity contribution < 1.29 is 24.5 Å². The number of rotatable bonds is 52. The Bertz CT molecular complexity index is 1040. The molecule has 0 aliphatic rings. The van der Waals surface area contributed by atoms with Crippen molar-refractivity contribution in [3.63, 3.8) is 0 Å². The number of carbonyl (C=O) groups is 2. The Morgan fingerprint density at radius 2 is 0.828 bits per heavy atom. The SMILES string of the molecule is CCC/C=C\C/C=C\CCCCCCCC(=O)OCCCCCC/C=C\CCCC(=O)NC(CO)C(O)CCCCCCCCCCCCCCCCCCCCCCCCCCC. The summed E-state index contributed by atoms with van der Waals surface area (Å²) in [5.41, 5.74) is 0. The van der Waals surface area contributed by atoms with Gasteiger partial charge in [-0.05, 0) is 70.6 Å². The quantitative estimate of drug-likeness (QED) is 0.0321. The number of aliphatic hydroxyl groups is 2. The van der Waals surface area contributed by atoms with Crippen LogP contribution in [0.15, 0.2) is 36.5 Å². The second-order valence-corrected chi connectivity index (χ2v) is 19.3. The fraction of sp³-hybridized carbons (Fsp3) is 0.862. The first-order valence-corrected chi connectivity index (χ1v) is 28.2. The zero-order valence-electron chi connectivity index (χ0n) is 42.8. The molecule has 0 aliphatic heterocycles. The summed E-state index contributed by atoms with van der Waals surface area (Å²) in [5, 5.41) is 23.3. The van der Waals surface area contributed by atoms with E-state index in [1.54, 1.807) is 0 Å². The summed E-state index contributed by atoms with van der Waals surface area (Å²) >= 11 is 0. The standard InChI is InChI=1S/C58H109NO5/c1-3-5-7-9-11-13-15-17-18-19-20-21-22-23-24-25-26-27-28-30-31-34-38-42-46-50-56(61)55(54-60)59-57(62)51-47-43-39-35-33-37-41-45-49-53-64-58(63)52-48-44-40-36-32-29-16-14-12-10-8-6-4-2/h8,10,14,16,35,39,55-56,60-61H,3-7,9,11-13,15,17-34,36-38,40-54H2,1-2H3,(H,59,62)/b10-8-,16-14-,39-35-. The van der Waals surface area contributed by atoms with E-state index in [0.29, 0.717) is 25.9 Å². The van der Waals surface area contributed by atoms with Crippen molar-refractivity contribution in [3.05, 3.63) is 36.5 Å². The van der Waals surface area contributed by atoms with E-state index in [1.165, 1.54) is 180 Å². The lowest BCUT2D eigenvalue weighted by Crippen LogP contribution is -2.45. The Labute approximate surface area is 398 Å². The van der Waals surface area contributed by atoms with Gasteiger partial charge >= 0.3 is 5.97 Å². The van der Waals surface area contributed by atoms with E-state index in [9.17, 15) is 19.8 Å². The Kier molecular flexibility index (Phi) is 52.1. The number of hydrogen-bond donors (Lipinski definition) is 3. The average Bonchev–Trinajstić information content (AvgIpc) is 3.29. The first-order valence-electron chi connectivity index (χ1n) is 28.2. The maximum absolute atomic E-state index is 12.5. The van der Waals surface area contributed by atoms with Gasteiger partial charge in [0.25, 0.3) is 0 Å². The monoisotopic (exact) mass is 900 g/mol. The minimum atomic E-state index is -0.698. The summed E-state index contributed by atoms with van der Waals surface area (Å²) in [6.07, 6.45) is 65.7. The molecule has 0 rings (SSSR count). The van der Waals surface area contributed by atoms with Crippen LogP contribution in [-0.4, -0.2) is 47.4 Å². The largest absolute Gasteiger partial charge is 0.466 e. The van der Waals surface area contributed by atoms with Gasteiger partial charge in [0.1, 0.15) is 0 Å². The fourth-order valence-corrected chi connectivity index (χ4v) is 8.56. The van der Waals surface area contributed by atoms with Crippen molar-refractivity contribution in [1.29, 1.82) is 0 Å². The zero-order valence-corrected chi connectivity index (χ0v) is 42.8. The molecule has 0 heterocycles. The predicted octanol–water partition coefficient (Wildman–Crippen LogP) is 17.2. The van der Waals surface area contributed by atoms with Gasteiger partial charge in [0, 0.05) is 12.8 Å². The highest BCUT2D eigenvalue weighted by molar-refractivity contribution is 5.76. The van der Waals surface area contributed by atoms with E-state index in [0.717, 1.165) is 83.5 Å². The summed E-state index contributed by atoms with van der Waals surface area (Å²) in [5.74, 6) is -0.145. The van der Waals surface area contributed by atoms with Crippen LogP contribution in [0.5, 0.6) is 0 Å². The van der Waals surface area contributed by atoms with Gasteiger partial charge in [0.2, 0.25) is 5.91 Å². The lowest BCUT2D eigenvalue weighted by Gasteiger charge is -2.22. The molecule has 1 amide bonds. The van der Waals surface area contributed by atoms with Crippen molar-refractivity contribution >= 4 is 11.9 Å². The van der Waals surface area contributed by atoms with E-state index in [2.05, 4.69) is 55.6 Å². The molecule has 376 valence electrons. The Morgan fingerprint density at radius 1 is 0.438 bits per heavy atom. The van der Waals surface area contributed by atoms with Crippen LogP contribution >= 0.6 is 0 Å². The number of unbranched alkanes of at least 4 members (excludes halogenated alkanes) is 35. The molecule has 0 aromatic rings. The molecule has 6 nitrogen and oxygen atoms in total. The van der Waals surface area contributed by atoms with E-state index in [4.69, 9.17) is 4.74 Å². The molecule has 0 radical (unpaired) electrons. The van der Waals surface area contributed by atoms with Crippen LogP contribution in [0, 0.1) is 0 Å². The van der Waals surface area contributed by atoms with Crippen LogP contribution < -0.4 is 5.32 Å². The van der Waals surface area contributed by atoms with E-state index in [1.807, 2.05) is 0 Å². The summed E-state index contributed by atoms with van der Waals surface area (Å²) in [6, 6.07) is -0.582. The number of hydrogen-bond acceptors (Lipinski definition) is 5. The number of ether oxygens (including phenoxy) is 1. The van der Waals surface area contributed by atoms with Gasteiger partial charge in [0.05, 0.1) is 25.4 Å². The van der Waals surface area contributed by atoms with Crippen LogP contribution in [0.25, 0.3) is 0 Å². The van der Waals surface area contributed by atoms with Crippen LogP contribution in [0.1, 0.15) is 296 Å². The number of nitrogens with one attached hydrogen (secondary N) is 1. The highest BCUT2D eigenvalue weighted by atomic mass is 16.5. The van der Waals surface area contributed by atoms with E-state index >= 15 is 0 Å². The molecule has 0 saturated carbocycles. The predicted molar refractivity (Wildman–Crippen MR) is 278 cm³/mol. The van der Waals surface area contributed by atoms with Crippen molar-refractivity contribution in [2.45, 2.75) is 309 Å². The molecule has 2 atom stereocenters. The second-order valence-electron chi connectivity index (χ2n) is 19.3. The Morgan fingerprint density at radius 3 is 1.30 bits per heavy atom. The number of esters is 1. The molecule has 0 spiro atoms. The van der Waals surface area contributed by atoms with Gasteiger partial charge in [-0.15, -0.1) is 0 Å². The van der Waals surface area contributed by atoms with Gasteiger partial charge in [0.15, 0.2) is 0 Å². The lowest BCUT2D eigenvalue weighted by molar-refractivity contribution is -0.143. The molecule has 0 saturated heterocycles. The fourth-order valence-electron chi connectivity index (χ4n) is 8.56. The summed E-state index contributed by atoms with van der Waals surface area (Å²) in [7, 11) is 0. The van der Waals surface area contributed by atoms with Crippen LogP contribution in [0.4, 0.5) is 0 Å². The minimum absolute atomic E-state index is 0.0505. The molecule has 0 aromatic heterocycles. The van der Waals surface area contributed by atoms with Gasteiger partial charge in [-0.2, -0.15) is 0 Å². The maximum Gasteiger partial charge on any atom is 0.305 e. The molecule has 2 unspecified atom stereocenters. The topological polar surface area (TPSA) is 95.9 Å². The molecule has 0 fully saturated rings. The minimum Gasteiger partial charge on any atom is -0.466 e. The molecule has 3 N–H and O–H groups in total. The van der Waals surface area contributed by atoms with Gasteiger partial charge in [-0.3, -0.25) is 9.59 Å². The summed E-state index contributed by atoms with van der Waals surface area (Å²) in [4.78, 5) is 24.5. The summed E-state index contributed by atoms with van der Waals surface area (Å²) < 4.78 is 5.43. The summed E-state index contributed by atoms with van der Waals surface area (Å²) in [6.45, 7) is 4.80. The van der Waals surface area contributed by atoms with Gasteiger partial charge in [-0.25, -0.2) is 0 Å². The van der Waals surface area contributed by atoms with Crippen LogP contribution in [0.3, 0.4) is 0 Å². The van der Waals surface area contributed by atoms with Crippen LogP contribution in [0.2, 0.25) is 0 Å².